The van der Waals surface area contributed by atoms with E-state index in [1.165, 1.54) is 11.8 Å². The van der Waals surface area contributed by atoms with Crippen LogP contribution >= 0.6 is 11.8 Å². The van der Waals surface area contributed by atoms with Crippen molar-refractivity contribution >= 4 is 17.7 Å². The molecular formula is C22H27N5O2S. The van der Waals surface area contributed by atoms with E-state index >= 15 is 0 Å². The number of thioether (sulfide) groups is 1. The minimum absolute atomic E-state index is 0.150. The number of carbonyl (C=O) groups is 1. The second-order valence-electron chi connectivity index (χ2n) is 7.65. The molecule has 1 aliphatic heterocycles. The van der Waals surface area contributed by atoms with Crippen LogP contribution in [0.2, 0.25) is 0 Å². The minimum atomic E-state index is 0.150. The topological polar surface area (TPSA) is 67.4 Å². The summed E-state index contributed by atoms with van der Waals surface area (Å²) in [5.41, 5.74) is 1.14. The molecule has 0 bridgehead atoms. The maximum absolute atomic E-state index is 12.8. The number of carbonyl (C=O) groups excluding carboxylic acids is 1. The summed E-state index contributed by atoms with van der Waals surface area (Å²) >= 11 is 1.44. The lowest BCUT2D eigenvalue weighted by Gasteiger charge is -2.36. The molecule has 0 unspecified atom stereocenters. The van der Waals surface area contributed by atoms with Gasteiger partial charge in [0.15, 0.2) is 10.9 Å². The number of nitrogens with zero attached hydrogens (tertiary/aromatic N) is 5. The van der Waals surface area contributed by atoms with E-state index in [-0.39, 0.29) is 5.91 Å². The van der Waals surface area contributed by atoms with Gasteiger partial charge in [-0.25, -0.2) is 0 Å². The molecule has 1 fully saturated rings. The molecule has 1 aliphatic rings. The van der Waals surface area contributed by atoms with Crippen molar-refractivity contribution in [3.8, 4) is 11.6 Å². The first-order chi connectivity index (χ1) is 14.6. The van der Waals surface area contributed by atoms with Crippen LogP contribution in [0.3, 0.4) is 0 Å². The molecule has 0 radical (unpaired) electrons. The van der Waals surface area contributed by atoms with E-state index in [1.807, 2.05) is 39.8 Å². The third kappa shape index (κ3) is 4.76. The Balaban J connectivity index is 1.45. The van der Waals surface area contributed by atoms with Crippen molar-refractivity contribution in [1.82, 2.24) is 24.6 Å². The summed E-state index contributed by atoms with van der Waals surface area (Å²) in [6, 6.07) is 14.4. The van der Waals surface area contributed by atoms with Crippen molar-refractivity contribution in [2.24, 2.45) is 0 Å². The van der Waals surface area contributed by atoms with Gasteiger partial charge < -0.3 is 9.32 Å². The highest BCUT2D eigenvalue weighted by atomic mass is 32.2. The lowest BCUT2D eigenvalue weighted by Crippen LogP contribution is -2.51. The normalized spacial score (nSPS) is 15.1. The van der Waals surface area contributed by atoms with Gasteiger partial charge in [-0.05, 0) is 31.5 Å². The monoisotopic (exact) mass is 425 g/mol. The van der Waals surface area contributed by atoms with E-state index in [2.05, 4.69) is 41.1 Å². The molecule has 0 saturated carbocycles. The van der Waals surface area contributed by atoms with Gasteiger partial charge in [-0.3, -0.25) is 14.3 Å². The lowest BCUT2D eigenvalue weighted by atomic mass is 10.2. The van der Waals surface area contributed by atoms with Crippen LogP contribution in [0.15, 0.2) is 58.3 Å². The Kier molecular flexibility index (Phi) is 6.54. The first-order valence-corrected chi connectivity index (χ1v) is 11.3. The number of aromatic nitrogens is 3. The van der Waals surface area contributed by atoms with Crippen LogP contribution < -0.4 is 0 Å². The number of furan rings is 1. The van der Waals surface area contributed by atoms with E-state index in [1.54, 1.807) is 6.26 Å². The summed E-state index contributed by atoms with van der Waals surface area (Å²) in [5, 5.41) is 9.42. The second kappa shape index (κ2) is 9.49. The molecule has 8 heteroatoms. The molecule has 1 aromatic carbocycles. The van der Waals surface area contributed by atoms with E-state index in [0.29, 0.717) is 29.9 Å². The highest BCUT2D eigenvalue weighted by Crippen LogP contribution is 2.26. The number of piperazine rings is 1. The van der Waals surface area contributed by atoms with Crippen molar-refractivity contribution in [2.45, 2.75) is 31.6 Å². The van der Waals surface area contributed by atoms with Crippen LogP contribution in [0.25, 0.3) is 11.6 Å². The number of amides is 1. The predicted molar refractivity (Wildman–Crippen MR) is 117 cm³/mol. The van der Waals surface area contributed by atoms with Gasteiger partial charge in [0.25, 0.3) is 0 Å². The molecule has 4 rings (SSSR count). The van der Waals surface area contributed by atoms with Gasteiger partial charge in [-0.2, -0.15) is 0 Å². The lowest BCUT2D eigenvalue weighted by molar-refractivity contribution is -0.130. The van der Waals surface area contributed by atoms with Crippen LogP contribution in [0.1, 0.15) is 19.4 Å². The molecule has 3 aromatic rings. The van der Waals surface area contributed by atoms with E-state index < -0.39 is 0 Å². The predicted octanol–water partition coefficient (Wildman–Crippen LogP) is 3.23. The third-order valence-corrected chi connectivity index (χ3v) is 6.32. The summed E-state index contributed by atoms with van der Waals surface area (Å²) in [5.74, 6) is 1.84. The zero-order valence-electron chi connectivity index (χ0n) is 17.4. The Labute approximate surface area is 181 Å². The molecule has 3 heterocycles. The van der Waals surface area contributed by atoms with E-state index in [4.69, 9.17) is 4.42 Å². The number of hydrogen-bond donors (Lipinski definition) is 0. The molecule has 2 aromatic heterocycles. The van der Waals surface area contributed by atoms with Crippen LogP contribution in [-0.4, -0.2) is 68.4 Å². The molecule has 0 aliphatic carbocycles. The molecular weight excluding hydrogens is 398 g/mol. The van der Waals surface area contributed by atoms with Crippen molar-refractivity contribution in [3.05, 3.63) is 54.3 Å². The fraction of sp³-hybridized carbons (Fsp3) is 0.409. The molecule has 7 nitrogen and oxygen atoms in total. The number of hydrogen-bond acceptors (Lipinski definition) is 6. The maximum Gasteiger partial charge on any atom is 0.233 e. The van der Waals surface area contributed by atoms with Crippen molar-refractivity contribution < 1.29 is 9.21 Å². The first kappa shape index (κ1) is 20.7. The zero-order chi connectivity index (χ0) is 20.9. The van der Waals surface area contributed by atoms with Gasteiger partial charge in [0.05, 0.1) is 18.6 Å². The van der Waals surface area contributed by atoms with E-state index in [9.17, 15) is 4.79 Å². The van der Waals surface area contributed by atoms with Gasteiger partial charge in [-0.1, -0.05) is 42.1 Å². The quantitative estimate of drug-likeness (QED) is 0.542. The van der Waals surface area contributed by atoms with Gasteiger partial charge >= 0.3 is 0 Å². The van der Waals surface area contributed by atoms with Crippen molar-refractivity contribution in [1.29, 1.82) is 0 Å². The van der Waals surface area contributed by atoms with Crippen LogP contribution in [0.4, 0.5) is 0 Å². The van der Waals surface area contributed by atoms with Crippen LogP contribution in [0.5, 0.6) is 0 Å². The summed E-state index contributed by atoms with van der Waals surface area (Å²) in [6.45, 7) is 8.44. The fourth-order valence-corrected chi connectivity index (χ4v) is 4.44. The second-order valence-corrected chi connectivity index (χ2v) is 8.60. The van der Waals surface area contributed by atoms with Gasteiger partial charge in [0.2, 0.25) is 11.7 Å². The Bertz CT molecular complexity index is 947. The standard InChI is InChI=1S/C22H27N5O2S/c1-17(2)25-10-12-26(13-11-25)20(28)16-30-22-24-23-21(19-9-6-14-29-19)27(22)15-18-7-4-3-5-8-18/h3-9,14,17H,10-13,15-16H2,1-2H3. The Morgan fingerprint density at radius 1 is 1.07 bits per heavy atom. The molecule has 1 saturated heterocycles. The molecule has 0 spiro atoms. The Morgan fingerprint density at radius 3 is 2.50 bits per heavy atom. The van der Waals surface area contributed by atoms with Crippen molar-refractivity contribution in [2.75, 3.05) is 31.9 Å². The smallest absolute Gasteiger partial charge is 0.233 e. The van der Waals surface area contributed by atoms with Gasteiger partial charge in [-0.15, -0.1) is 10.2 Å². The van der Waals surface area contributed by atoms with E-state index in [0.717, 1.165) is 36.9 Å². The average molecular weight is 426 g/mol. The average Bonchev–Trinajstić information content (AvgIpc) is 3.43. The van der Waals surface area contributed by atoms with Crippen molar-refractivity contribution in [3.63, 3.8) is 0 Å². The highest BCUT2D eigenvalue weighted by molar-refractivity contribution is 7.99. The molecule has 30 heavy (non-hydrogen) atoms. The number of benzene rings is 1. The fourth-order valence-electron chi connectivity index (χ4n) is 3.60. The Morgan fingerprint density at radius 2 is 1.83 bits per heavy atom. The molecule has 0 atom stereocenters. The summed E-state index contributed by atoms with van der Waals surface area (Å²) < 4.78 is 7.57. The zero-order valence-corrected chi connectivity index (χ0v) is 18.2. The summed E-state index contributed by atoms with van der Waals surface area (Å²) in [7, 11) is 0. The SMILES string of the molecule is CC(C)N1CCN(C(=O)CSc2nnc(-c3ccco3)n2Cc2ccccc2)CC1. The summed E-state index contributed by atoms with van der Waals surface area (Å²) in [4.78, 5) is 17.1. The third-order valence-electron chi connectivity index (χ3n) is 5.36. The molecule has 158 valence electrons. The highest BCUT2D eigenvalue weighted by Gasteiger charge is 2.24. The van der Waals surface area contributed by atoms with Crippen LogP contribution in [-0.2, 0) is 11.3 Å². The molecule has 1 amide bonds. The summed E-state index contributed by atoms with van der Waals surface area (Å²) in [6.07, 6.45) is 1.63. The largest absolute Gasteiger partial charge is 0.461 e. The minimum Gasteiger partial charge on any atom is -0.461 e. The van der Waals surface area contributed by atoms with Gasteiger partial charge in [0, 0.05) is 32.2 Å². The van der Waals surface area contributed by atoms with Gasteiger partial charge in [0.1, 0.15) is 0 Å². The first-order valence-electron chi connectivity index (χ1n) is 10.3. The Hall–Kier alpha value is -2.58. The number of rotatable bonds is 7. The van der Waals surface area contributed by atoms with Crippen LogP contribution in [0, 0.1) is 0 Å². The maximum atomic E-state index is 12.8. The molecule has 0 N–H and O–H groups in total.